The molecule has 1 aliphatic heterocycles. The maximum absolute atomic E-state index is 13.2. The van der Waals surface area contributed by atoms with Gasteiger partial charge in [0.25, 0.3) is 10.2 Å². The first-order chi connectivity index (χ1) is 16.4. The van der Waals surface area contributed by atoms with Crippen LogP contribution in [0.1, 0.15) is 19.7 Å². The highest BCUT2D eigenvalue weighted by Gasteiger charge is 2.32. The summed E-state index contributed by atoms with van der Waals surface area (Å²) in [7, 11) is -3.50. The van der Waals surface area contributed by atoms with Gasteiger partial charge < -0.3 is 14.2 Å². The van der Waals surface area contributed by atoms with Crippen LogP contribution in [0, 0.1) is 0 Å². The molecule has 3 aromatic rings. The molecule has 182 valence electrons. The van der Waals surface area contributed by atoms with Crippen LogP contribution < -0.4 is 4.74 Å². The highest BCUT2D eigenvalue weighted by Crippen LogP contribution is 2.19. The van der Waals surface area contributed by atoms with E-state index in [1.807, 2.05) is 73.0 Å². The zero-order valence-electron chi connectivity index (χ0n) is 19.6. The van der Waals surface area contributed by atoms with Crippen molar-refractivity contribution in [2.75, 3.05) is 39.3 Å². The van der Waals surface area contributed by atoms with Gasteiger partial charge in [-0.05, 0) is 24.3 Å². The summed E-state index contributed by atoms with van der Waals surface area (Å²) in [6, 6.07) is 17.2. The Balaban J connectivity index is 1.46. The number of piperazine rings is 1. The smallest absolute Gasteiger partial charge is 0.282 e. The molecule has 0 atom stereocenters. The molecule has 1 aliphatic rings. The van der Waals surface area contributed by atoms with Gasteiger partial charge in [-0.25, -0.2) is 4.98 Å². The number of carbonyl (C=O) groups excluding carboxylic acids is 1. The Bertz CT molecular complexity index is 1220. The molecule has 1 fully saturated rings. The molecule has 34 heavy (non-hydrogen) atoms. The molecule has 0 unspecified atom stereocenters. The van der Waals surface area contributed by atoms with E-state index in [0.717, 1.165) is 16.8 Å². The third-order valence-corrected chi connectivity index (χ3v) is 8.27. The summed E-state index contributed by atoms with van der Waals surface area (Å²) in [5.41, 5.74) is 1.67. The van der Waals surface area contributed by atoms with Crippen LogP contribution in [0.25, 0.3) is 11.0 Å². The second-order valence-corrected chi connectivity index (χ2v) is 10.0. The number of hydrogen-bond acceptors (Lipinski definition) is 5. The van der Waals surface area contributed by atoms with Crippen LogP contribution in [0.2, 0.25) is 0 Å². The van der Waals surface area contributed by atoms with Crippen LogP contribution in [0.3, 0.4) is 0 Å². The Morgan fingerprint density at radius 2 is 1.62 bits per heavy atom. The number of nitrogens with zero attached hydrogens (tertiary/aromatic N) is 5. The molecule has 1 amide bonds. The van der Waals surface area contributed by atoms with E-state index in [4.69, 9.17) is 4.74 Å². The van der Waals surface area contributed by atoms with E-state index in [2.05, 4.69) is 4.98 Å². The fourth-order valence-electron chi connectivity index (χ4n) is 4.19. The Labute approximate surface area is 200 Å². The Morgan fingerprint density at radius 1 is 0.971 bits per heavy atom. The van der Waals surface area contributed by atoms with Gasteiger partial charge in [-0.2, -0.15) is 17.0 Å². The average Bonchev–Trinajstić information content (AvgIpc) is 3.21. The lowest BCUT2D eigenvalue weighted by molar-refractivity contribution is -0.133. The van der Waals surface area contributed by atoms with E-state index in [-0.39, 0.29) is 19.1 Å². The largest absolute Gasteiger partial charge is 0.486 e. The summed E-state index contributed by atoms with van der Waals surface area (Å²) in [5.74, 6) is 1.34. The van der Waals surface area contributed by atoms with Gasteiger partial charge in [-0.15, -0.1) is 0 Å². The highest BCUT2D eigenvalue weighted by molar-refractivity contribution is 7.86. The van der Waals surface area contributed by atoms with Crippen molar-refractivity contribution in [2.24, 2.45) is 0 Å². The maximum Gasteiger partial charge on any atom is 0.282 e. The highest BCUT2D eigenvalue weighted by atomic mass is 32.2. The fraction of sp³-hybridized carbons (Fsp3) is 0.417. The number of hydrogen-bond donors (Lipinski definition) is 0. The fourth-order valence-corrected chi connectivity index (χ4v) is 5.80. The van der Waals surface area contributed by atoms with Crippen LogP contribution in [-0.4, -0.2) is 76.7 Å². The standard InChI is InChI=1S/C24H31N5O4S/c1-3-27(4-2)34(31,32)28-16-14-26(15-17-28)24(30)18-29-22-13-9-8-12-21(22)25-23(29)19-33-20-10-6-5-7-11-20/h5-13H,3-4,14-19H2,1-2H3. The molecule has 0 aliphatic carbocycles. The zero-order valence-corrected chi connectivity index (χ0v) is 20.4. The topological polar surface area (TPSA) is 88.0 Å². The number of fused-ring (bicyclic) bond motifs is 1. The van der Waals surface area contributed by atoms with Gasteiger partial charge in [-0.3, -0.25) is 4.79 Å². The number of rotatable bonds is 9. The second kappa shape index (κ2) is 10.5. The molecule has 0 bridgehead atoms. The Morgan fingerprint density at radius 3 is 2.29 bits per heavy atom. The quantitative estimate of drug-likeness (QED) is 0.464. The van der Waals surface area contributed by atoms with Crippen molar-refractivity contribution in [3.05, 3.63) is 60.4 Å². The van der Waals surface area contributed by atoms with Crippen LogP contribution in [-0.2, 0) is 28.2 Å². The van der Waals surface area contributed by atoms with Gasteiger partial charge in [0.2, 0.25) is 5.91 Å². The van der Waals surface area contributed by atoms with E-state index < -0.39 is 10.2 Å². The molecule has 0 radical (unpaired) electrons. The molecule has 0 saturated carbocycles. The van der Waals surface area contributed by atoms with E-state index in [0.29, 0.717) is 45.1 Å². The number of imidazole rings is 1. The predicted molar refractivity (Wildman–Crippen MR) is 131 cm³/mol. The van der Waals surface area contributed by atoms with Crippen molar-refractivity contribution in [1.82, 2.24) is 23.1 Å². The van der Waals surface area contributed by atoms with Gasteiger partial charge in [-0.1, -0.05) is 44.2 Å². The number of aromatic nitrogens is 2. The van der Waals surface area contributed by atoms with Crippen LogP contribution in [0.15, 0.2) is 54.6 Å². The number of ether oxygens (including phenoxy) is 1. The molecule has 0 spiro atoms. The summed E-state index contributed by atoms with van der Waals surface area (Å²) < 4.78 is 36.3. The van der Waals surface area contributed by atoms with Crippen molar-refractivity contribution in [2.45, 2.75) is 27.0 Å². The lowest BCUT2D eigenvalue weighted by atomic mass is 10.3. The van der Waals surface area contributed by atoms with E-state index in [1.165, 1.54) is 8.61 Å². The van der Waals surface area contributed by atoms with Crippen molar-refractivity contribution in [1.29, 1.82) is 0 Å². The molecule has 1 aromatic heterocycles. The SMILES string of the molecule is CCN(CC)S(=O)(=O)N1CCN(C(=O)Cn2c(COc3ccccc3)nc3ccccc32)CC1. The molecule has 4 rings (SSSR count). The molecular weight excluding hydrogens is 454 g/mol. The van der Waals surface area contributed by atoms with Crippen molar-refractivity contribution in [3.8, 4) is 5.75 Å². The summed E-state index contributed by atoms with van der Waals surface area (Å²) >= 11 is 0. The minimum atomic E-state index is -3.50. The van der Waals surface area contributed by atoms with Crippen molar-refractivity contribution in [3.63, 3.8) is 0 Å². The summed E-state index contributed by atoms with van der Waals surface area (Å²) in [6.45, 7) is 6.18. The first kappa shape index (κ1) is 24.2. The summed E-state index contributed by atoms with van der Waals surface area (Å²) in [4.78, 5) is 19.6. The second-order valence-electron chi connectivity index (χ2n) is 8.08. The van der Waals surface area contributed by atoms with Gasteiger partial charge >= 0.3 is 0 Å². The molecular formula is C24H31N5O4S. The normalized spacial score (nSPS) is 15.2. The number of para-hydroxylation sites is 3. The molecule has 1 saturated heterocycles. The minimum Gasteiger partial charge on any atom is -0.486 e. The average molecular weight is 486 g/mol. The number of amides is 1. The first-order valence-corrected chi connectivity index (χ1v) is 13.0. The van der Waals surface area contributed by atoms with Gasteiger partial charge in [0.1, 0.15) is 24.7 Å². The molecule has 0 N–H and O–H groups in total. The van der Waals surface area contributed by atoms with Crippen LogP contribution in [0.4, 0.5) is 0 Å². The first-order valence-electron chi connectivity index (χ1n) is 11.6. The Kier molecular flexibility index (Phi) is 7.50. The van der Waals surface area contributed by atoms with Gasteiger partial charge in [0.05, 0.1) is 11.0 Å². The number of carbonyl (C=O) groups is 1. The molecule has 2 aromatic carbocycles. The van der Waals surface area contributed by atoms with Crippen LogP contribution >= 0.6 is 0 Å². The van der Waals surface area contributed by atoms with Crippen LogP contribution in [0.5, 0.6) is 5.75 Å². The Hall–Kier alpha value is -2.95. The molecule has 10 heteroatoms. The predicted octanol–water partition coefficient (Wildman–Crippen LogP) is 2.35. The van der Waals surface area contributed by atoms with Crippen molar-refractivity contribution >= 4 is 27.1 Å². The summed E-state index contributed by atoms with van der Waals surface area (Å²) in [6.07, 6.45) is 0. The van der Waals surface area contributed by atoms with E-state index in [1.54, 1.807) is 4.90 Å². The number of benzene rings is 2. The van der Waals surface area contributed by atoms with E-state index >= 15 is 0 Å². The molecule has 2 heterocycles. The lowest BCUT2D eigenvalue weighted by Gasteiger charge is -2.36. The monoisotopic (exact) mass is 485 g/mol. The minimum absolute atomic E-state index is 0.0657. The maximum atomic E-state index is 13.2. The molecule has 9 nitrogen and oxygen atoms in total. The van der Waals surface area contributed by atoms with Crippen molar-refractivity contribution < 1.29 is 17.9 Å². The van der Waals surface area contributed by atoms with Gasteiger partial charge in [0, 0.05) is 39.3 Å². The zero-order chi connectivity index (χ0) is 24.1. The van der Waals surface area contributed by atoms with Gasteiger partial charge in [0.15, 0.2) is 0 Å². The lowest BCUT2D eigenvalue weighted by Crippen LogP contribution is -2.54. The third kappa shape index (κ3) is 5.08. The van der Waals surface area contributed by atoms with E-state index in [9.17, 15) is 13.2 Å². The summed E-state index contributed by atoms with van der Waals surface area (Å²) in [5, 5.41) is 0. The third-order valence-electron chi connectivity index (χ3n) is 6.09.